The number of hydrogen-bond donors (Lipinski definition) is 1. The molecule has 0 radical (unpaired) electrons. The Morgan fingerprint density at radius 3 is 2.74 bits per heavy atom. The molecule has 3 heteroatoms. The lowest BCUT2D eigenvalue weighted by molar-refractivity contribution is -0.0475. The molecule has 1 aromatic heterocycles. The molecule has 5 rings (SSSR count). The van der Waals surface area contributed by atoms with E-state index in [1.54, 1.807) is 5.57 Å². The molecule has 2 saturated carbocycles. The van der Waals surface area contributed by atoms with Crippen LogP contribution in [0.4, 0.5) is 0 Å². The highest BCUT2D eigenvalue weighted by Gasteiger charge is 2.58. The first kappa shape index (κ1) is 17.7. The number of fused-ring (bicyclic) bond motifs is 5. The van der Waals surface area contributed by atoms with Gasteiger partial charge in [0.25, 0.3) is 0 Å². The minimum atomic E-state index is -0.117. The summed E-state index contributed by atoms with van der Waals surface area (Å²) in [5, 5.41) is 10.3. The average Bonchev–Trinajstić information content (AvgIpc) is 3.28. The van der Waals surface area contributed by atoms with Crippen molar-refractivity contribution in [2.45, 2.75) is 71.8 Å². The second kappa shape index (κ2) is 6.07. The fraction of sp³-hybridized carbons (Fsp3) is 0.708. The van der Waals surface area contributed by atoms with Gasteiger partial charge in [0.1, 0.15) is 0 Å². The zero-order valence-electron chi connectivity index (χ0n) is 17.1. The van der Waals surface area contributed by atoms with Gasteiger partial charge in [0.15, 0.2) is 0 Å². The van der Waals surface area contributed by atoms with Gasteiger partial charge in [-0.05, 0) is 74.0 Å². The number of allylic oxidation sites excluding steroid dienone is 3. The highest BCUT2D eigenvalue weighted by molar-refractivity contribution is 5.57. The standard InChI is InChI=1S/C24H34N2O/c1-4-16-13-17-14-18(27)7-9-23(17,2)20-8-10-24(3)19(22(16)20)5-6-21(24)26-12-11-25-15-26/h6,11-13,15-16,18-20,22,27H,4-5,7-10,14H2,1-3H3/t16?,18?,19-,20+,22-,23-,24-/m0/s1. The van der Waals surface area contributed by atoms with Gasteiger partial charge in [0.2, 0.25) is 0 Å². The van der Waals surface area contributed by atoms with Gasteiger partial charge in [-0.1, -0.05) is 38.5 Å². The minimum absolute atomic E-state index is 0.117. The van der Waals surface area contributed by atoms with Crippen LogP contribution in [0.1, 0.15) is 65.7 Å². The maximum absolute atomic E-state index is 10.3. The van der Waals surface area contributed by atoms with E-state index in [1.165, 1.54) is 37.8 Å². The van der Waals surface area contributed by atoms with E-state index in [4.69, 9.17) is 0 Å². The molecular formula is C24H34N2O. The molecule has 0 saturated heterocycles. The van der Waals surface area contributed by atoms with Crippen LogP contribution in [-0.2, 0) is 0 Å². The van der Waals surface area contributed by atoms with Crippen LogP contribution in [0.25, 0.3) is 5.70 Å². The smallest absolute Gasteiger partial charge is 0.0989 e. The van der Waals surface area contributed by atoms with E-state index in [2.05, 4.69) is 48.7 Å². The number of imidazole rings is 1. The summed E-state index contributed by atoms with van der Waals surface area (Å²) in [4.78, 5) is 4.31. The van der Waals surface area contributed by atoms with E-state index in [0.717, 1.165) is 30.6 Å². The van der Waals surface area contributed by atoms with E-state index >= 15 is 0 Å². The number of aliphatic hydroxyl groups excluding tert-OH is 1. The normalized spacial score (nSPS) is 46.1. The van der Waals surface area contributed by atoms with Gasteiger partial charge in [-0.2, -0.15) is 0 Å². The summed E-state index contributed by atoms with van der Waals surface area (Å²) >= 11 is 0. The largest absolute Gasteiger partial charge is 0.393 e. The lowest BCUT2D eigenvalue weighted by Gasteiger charge is -2.59. The zero-order chi connectivity index (χ0) is 18.8. The summed E-state index contributed by atoms with van der Waals surface area (Å²) in [5.41, 5.74) is 3.65. The number of nitrogens with zero attached hydrogens (tertiary/aromatic N) is 2. The maximum Gasteiger partial charge on any atom is 0.0989 e. The Morgan fingerprint density at radius 1 is 1.19 bits per heavy atom. The van der Waals surface area contributed by atoms with Crippen LogP contribution in [0.15, 0.2) is 36.4 Å². The van der Waals surface area contributed by atoms with Crippen molar-refractivity contribution in [2.24, 2.45) is 34.5 Å². The summed E-state index contributed by atoms with van der Waals surface area (Å²) < 4.78 is 2.27. The van der Waals surface area contributed by atoms with Crippen molar-refractivity contribution in [1.29, 1.82) is 0 Å². The highest BCUT2D eigenvalue weighted by atomic mass is 16.3. The molecule has 2 fully saturated rings. The van der Waals surface area contributed by atoms with E-state index in [-0.39, 0.29) is 11.5 Å². The third-order valence-corrected chi connectivity index (χ3v) is 9.04. The Labute approximate surface area is 163 Å². The lowest BCUT2D eigenvalue weighted by atomic mass is 9.45. The van der Waals surface area contributed by atoms with Gasteiger partial charge >= 0.3 is 0 Å². The van der Waals surface area contributed by atoms with Gasteiger partial charge in [-0.25, -0.2) is 4.98 Å². The van der Waals surface area contributed by atoms with Crippen LogP contribution in [0.3, 0.4) is 0 Å². The predicted octanol–water partition coefficient (Wildman–Crippen LogP) is 5.29. The third kappa shape index (κ3) is 2.40. The first-order valence-corrected chi connectivity index (χ1v) is 11.1. The molecule has 0 spiro atoms. The monoisotopic (exact) mass is 366 g/mol. The van der Waals surface area contributed by atoms with Crippen molar-refractivity contribution in [3.8, 4) is 0 Å². The van der Waals surface area contributed by atoms with Gasteiger partial charge in [-0.15, -0.1) is 0 Å². The molecule has 7 atom stereocenters. The Kier molecular flexibility index (Phi) is 3.99. The first-order chi connectivity index (χ1) is 13.0. The molecule has 0 aliphatic heterocycles. The molecule has 1 aromatic rings. The Bertz CT molecular complexity index is 778. The SMILES string of the molecule is CCC1C=C2CC(O)CC[C@]2(C)[C@@H]2CC[C@]3(C)C(n4ccnc4)=CC[C@H]3[C@H]12. The minimum Gasteiger partial charge on any atom is -0.393 e. The highest BCUT2D eigenvalue weighted by Crippen LogP contribution is 2.67. The van der Waals surface area contributed by atoms with Crippen LogP contribution in [0.5, 0.6) is 0 Å². The van der Waals surface area contributed by atoms with Crippen molar-refractivity contribution in [2.75, 3.05) is 0 Å². The third-order valence-electron chi connectivity index (χ3n) is 9.04. The van der Waals surface area contributed by atoms with Crippen molar-refractivity contribution in [3.05, 3.63) is 36.4 Å². The molecule has 1 N–H and O–H groups in total. The number of hydrogen-bond acceptors (Lipinski definition) is 2. The number of aliphatic hydroxyl groups is 1. The summed E-state index contributed by atoms with van der Waals surface area (Å²) in [6.45, 7) is 7.41. The molecular weight excluding hydrogens is 332 g/mol. The van der Waals surface area contributed by atoms with E-state index in [9.17, 15) is 5.11 Å². The van der Waals surface area contributed by atoms with Crippen LogP contribution in [0, 0.1) is 34.5 Å². The fourth-order valence-electron chi connectivity index (χ4n) is 7.54. The van der Waals surface area contributed by atoms with Crippen LogP contribution < -0.4 is 0 Å². The molecule has 0 aromatic carbocycles. The first-order valence-electron chi connectivity index (χ1n) is 11.1. The van der Waals surface area contributed by atoms with Crippen molar-refractivity contribution in [3.63, 3.8) is 0 Å². The van der Waals surface area contributed by atoms with Gasteiger partial charge in [-0.3, -0.25) is 0 Å². The van der Waals surface area contributed by atoms with Crippen LogP contribution in [-0.4, -0.2) is 20.8 Å². The van der Waals surface area contributed by atoms with Crippen molar-refractivity contribution >= 4 is 5.70 Å². The molecule has 4 aliphatic rings. The second-order valence-electron chi connectivity index (χ2n) is 10.1. The molecule has 0 bridgehead atoms. The average molecular weight is 367 g/mol. The van der Waals surface area contributed by atoms with Crippen molar-refractivity contribution in [1.82, 2.24) is 9.55 Å². The zero-order valence-corrected chi connectivity index (χ0v) is 17.1. The van der Waals surface area contributed by atoms with Gasteiger partial charge in [0, 0.05) is 23.5 Å². The van der Waals surface area contributed by atoms with Crippen LogP contribution in [0.2, 0.25) is 0 Å². The van der Waals surface area contributed by atoms with Gasteiger partial charge in [0.05, 0.1) is 12.4 Å². The maximum atomic E-state index is 10.3. The Hall–Kier alpha value is -1.35. The molecule has 1 heterocycles. The Balaban J connectivity index is 1.54. The molecule has 146 valence electrons. The molecule has 27 heavy (non-hydrogen) atoms. The van der Waals surface area contributed by atoms with E-state index in [0.29, 0.717) is 11.3 Å². The Morgan fingerprint density at radius 2 is 2.00 bits per heavy atom. The molecule has 2 unspecified atom stereocenters. The van der Waals surface area contributed by atoms with E-state index < -0.39 is 0 Å². The van der Waals surface area contributed by atoms with E-state index in [1.807, 2.05) is 12.5 Å². The van der Waals surface area contributed by atoms with Crippen LogP contribution >= 0.6 is 0 Å². The number of aromatic nitrogens is 2. The summed E-state index contributed by atoms with van der Waals surface area (Å²) in [6, 6.07) is 0. The lowest BCUT2D eigenvalue weighted by Crippen LogP contribution is -2.52. The van der Waals surface area contributed by atoms with Crippen molar-refractivity contribution < 1.29 is 5.11 Å². The molecule has 3 nitrogen and oxygen atoms in total. The molecule has 0 amide bonds. The summed E-state index contributed by atoms with van der Waals surface area (Å²) in [6.07, 6.45) is 19.1. The fourth-order valence-corrected chi connectivity index (χ4v) is 7.54. The summed E-state index contributed by atoms with van der Waals surface area (Å²) in [7, 11) is 0. The predicted molar refractivity (Wildman–Crippen MR) is 109 cm³/mol. The number of rotatable bonds is 2. The second-order valence-corrected chi connectivity index (χ2v) is 10.1. The summed E-state index contributed by atoms with van der Waals surface area (Å²) in [5.74, 6) is 2.96. The topological polar surface area (TPSA) is 38.0 Å². The quantitative estimate of drug-likeness (QED) is 0.722. The molecule has 4 aliphatic carbocycles. The van der Waals surface area contributed by atoms with Gasteiger partial charge < -0.3 is 9.67 Å².